The second-order valence-corrected chi connectivity index (χ2v) is 5.73. The van der Waals surface area contributed by atoms with Crippen molar-refractivity contribution in [1.82, 2.24) is 4.90 Å². The average molecular weight is 214 g/mol. The van der Waals surface area contributed by atoms with Crippen LogP contribution in [0, 0.1) is 17.8 Å². The quantitative estimate of drug-likeness (QED) is 0.767. The number of piperidine rings is 1. The van der Waals surface area contributed by atoms with E-state index in [2.05, 4.69) is 23.6 Å². The summed E-state index contributed by atoms with van der Waals surface area (Å²) in [5.41, 5.74) is 5.71. The largest absolute Gasteiger partial charge is 0.330 e. The van der Waals surface area contributed by atoms with Gasteiger partial charge >= 0.3 is 0 Å². The molecule has 0 aromatic rings. The minimum atomic E-state index is 0.883. The molecule has 2 nitrogen and oxygen atoms in total. The van der Waals surface area contributed by atoms with Crippen LogP contribution in [0.4, 0.5) is 0 Å². The van der Waals surface area contributed by atoms with Crippen molar-refractivity contribution in [2.24, 2.45) is 23.5 Å². The van der Waals surface area contributed by atoms with Gasteiger partial charge in [0.05, 0.1) is 0 Å². The molecule has 0 aliphatic carbocycles. The Balaban J connectivity index is 1.99. The summed E-state index contributed by atoms with van der Waals surface area (Å²) >= 11 is 2.16. The molecule has 2 bridgehead atoms. The fraction of sp³-hybridized carbons (Fsp3) is 1.00. The van der Waals surface area contributed by atoms with Crippen molar-refractivity contribution in [3.8, 4) is 0 Å². The molecule has 2 saturated heterocycles. The van der Waals surface area contributed by atoms with Crippen molar-refractivity contribution in [3.05, 3.63) is 0 Å². The van der Waals surface area contributed by atoms with Crippen molar-refractivity contribution in [1.29, 1.82) is 0 Å². The van der Waals surface area contributed by atoms with E-state index < -0.39 is 0 Å². The van der Waals surface area contributed by atoms with E-state index >= 15 is 0 Å². The predicted octanol–water partition coefficient (Wildman–Crippen LogP) is 1.27. The van der Waals surface area contributed by atoms with Crippen LogP contribution in [-0.2, 0) is 0 Å². The van der Waals surface area contributed by atoms with Crippen LogP contribution >= 0.6 is 11.8 Å². The second kappa shape index (κ2) is 4.86. The number of hydrogen-bond donors (Lipinski definition) is 1. The highest BCUT2D eigenvalue weighted by molar-refractivity contribution is 7.99. The van der Waals surface area contributed by atoms with Crippen LogP contribution in [0.15, 0.2) is 0 Å². The summed E-state index contributed by atoms with van der Waals surface area (Å²) in [6.45, 7) is 7.04. The van der Waals surface area contributed by atoms with Gasteiger partial charge in [0, 0.05) is 13.1 Å². The maximum absolute atomic E-state index is 5.71. The van der Waals surface area contributed by atoms with Gasteiger partial charge in [0.25, 0.3) is 0 Å². The van der Waals surface area contributed by atoms with E-state index in [1.54, 1.807) is 0 Å². The molecule has 2 aliphatic rings. The Morgan fingerprint density at radius 2 is 1.93 bits per heavy atom. The lowest BCUT2D eigenvalue weighted by Crippen LogP contribution is -2.50. The first-order valence-electron chi connectivity index (χ1n) is 5.85. The maximum atomic E-state index is 5.71. The third-order valence-electron chi connectivity index (χ3n) is 3.81. The molecule has 2 fully saturated rings. The van der Waals surface area contributed by atoms with E-state index in [-0.39, 0.29) is 0 Å². The summed E-state index contributed by atoms with van der Waals surface area (Å²) in [6, 6.07) is 0. The third kappa shape index (κ3) is 2.10. The Hall–Kier alpha value is 0.270. The minimum Gasteiger partial charge on any atom is -0.330 e. The summed E-state index contributed by atoms with van der Waals surface area (Å²) < 4.78 is 0. The molecule has 0 aromatic heterocycles. The molecule has 2 N–H and O–H groups in total. The number of rotatable bonds is 3. The van der Waals surface area contributed by atoms with Crippen molar-refractivity contribution in [3.63, 3.8) is 0 Å². The Kier molecular flexibility index (Phi) is 3.74. The molecule has 2 aliphatic heterocycles. The highest BCUT2D eigenvalue weighted by Gasteiger charge is 2.38. The lowest BCUT2D eigenvalue weighted by atomic mass is 9.77. The van der Waals surface area contributed by atoms with E-state index in [0.29, 0.717) is 0 Å². The molecule has 0 amide bonds. The zero-order valence-corrected chi connectivity index (χ0v) is 9.93. The molecule has 0 saturated carbocycles. The van der Waals surface area contributed by atoms with Crippen molar-refractivity contribution in [2.75, 3.05) is 37.7 Å². The molecule has 2 rings (SSSR count). The molecular weight excluding hydrogens is 192 g/mol. The van der Waals surface area contributed by atoms with Gasteiger partial charge in [-0.2, -0.15) is 11.8 Å². The van der Waals surface area contributed by atoms with E-state index in [9.17, 15) is 0 Å². The first kappa shape index (κ1) is 10.8. The zero-order valence-electron chi connectivity index (χ0n) is 9.11. The van der Waals surface area contributed by atoms with Gasteiger partial charge in [-0.1, -0.05) is 6.92 Å². The second-order valence-electron chi connectivity index (χ2n) is 4.65. The van der Waals surface area contributed by atoms with E-state index in [0.717, 1.165) is 24.3 Å². The van der Waals surface area contributed by atoms with E-state index in [1.165, 1.54) is 37.6 Å². The first-order valence-corrected chi connectivity index (χ1v) is 7.00. The first-order chi connectivity index (χ1) is 6.85. The van der Waals surface area contributed by atoms with Gasteiger partial charge in [-0.3, -0.25) is 0 Å². The van der Waals surface area contributed by atoms with Gasteiger partial charge in [0.2, 0.25) is 0 Å². The average Bonchev–Trinajstić information content (AvgIpc) is 2.17. The van der Waals surface area contributed by atoms with Crippen LogP contribution in [0.5, 0.6) is 0 Å². The SMILES string of the molecule is CCN1CC2CSCC(C1)C2CCN. The number of likely N-dealkylation sites (tertiary alicyclic amines) is 1. The van der Waals surface area contributed by atoms with Crippen molar-refractivity contribution in [2.45, 2.75) is 13.3 Å². The molecule has 0 radical (unpaired) electrons. The van der Waals surface area contributed by atoms with Crippen LogP contribution in [0.1, 0.15) is 13.3 Å². The van der Waals surface area contributed by atoms with E-state index in [4.69, 9.17) is 5.73 Å². The van der Waals surface area contributed by atoms with Gasteiger partial charge < -0.3 is 10.6 Å². The van der Waals surface area contributed by atoms with Crippen molar-refractivity contribution < 1.29 is 0 Å². The standard InChI is InChI=1S/C11H22N2S/c1-2-13-5-9-7-14-8-10(6-13)11(9)3-4-12/h9-11H,2-8,12H2,1H3. The molecule has 2 unspecified atom stereocenters. The number of nitrogens with two attached hydrogens (primary N) is 1. The Labute approximate surface area is 91.6 Å². The molecule has 3 heteroatoms. The highest BCUT2D eigenvalue weighted by Crippen LogP contribution is 2.39. The fourth-order valence-corrected chi connectivity index (χ4v) is 4.49. The summed E-state index contributed by atoms with van der Waals surface area (Å²) in [6.07, 6.45) is 1.26. The third-order valence-corrected chi connectivity index (χ3v) is 5.14. The summed E-state index contributed by atoms with van der Waals surface area (Å²) in [5, 5.41) is 0. The summed E-state index contributed by atoms with van der Waals surface area (Å²) in [4.78, 5) is 2.63. The van der Waals surface area contributed by atoms with Crippen LogP contribution in [0.25, 0.3) is 0 Å². The summed E-state index contributed by atoms with van der Waals surface area (Å²) in [7, 11) is 0. The number of thioether (sulfide) groups is 1. The van der Waals surface area contributed by atoms with Crippen LogP contribution in [0.2, 0.25) is 0 Å². The van der Waals surface area contributed by atoms with Crippen LogP contribution in [0.3, 0.4) is 0 Å². The van der Waals surface area contributed by atoms with Gasteiger partial charge in [-0.15, -0.1) is 0 Å². The minimum absolute atomic E-state index is 0.883. The molecule has 82 valence electrons. The molecule has 14 heavy (non-hydrogen) atoms. The maximum Gasteiger partial charge on any atom is 0.00203 e. The Morgan fingerprint density at radius 1 is 1.29 bits per heavy atom. The molecular formula is C11H22N2S. The molecule has 2 atom stereocenters. The lowest BCUT2D eigenvalue weighted by molar-refractivity contribution is 0.0779. The molecule has 0 aromatic carbocycles. The molecule has 0 spiro atoms. The van der Waals surface area contributed by atoms with Gasteiger partial charge in [-0.25, -0.2) is 0 Å². The van der Waals surface area contributed by atoms with E-state index in [1.807, 2.05) is 0 Å². The smallest absolute Gasteiger partial charge is 0.00203 e. The zero-order chi connectivity index (χ0) is 9.97. The van der Waals surface area contributed by atoms with Crippen LogP contribution in [-0.4, -0.2) is 42.6 Å². The fourth-order valence-electron chi connectivity index (χ4n) is 3.04. The highest BCUT2D eigenvalue weighted by atomic mass is 32.2. The van der Waals surface area contributed by atoms with Crippen LogP contribution < -0.4 is 5.73 Å². The normalized spacial score (nSPS) is 38.6. The van der Waals surface area contributed by atoms with Gasteiger partial charge in [-0.05, 0) is 48.8 Å². The van der Waals surface area contributed by atoms with Gasteiger partial charge in [0.15, 0.2) is 0 Å². The van der Waals surface area contributed by atoms with Gasteiger partial charge in [0.1, 0.15) is 0 Å². The number of hydrogen-bond acceptors (Lipinski definition) is 3. The van der Waals surface area contributed by atoms with Crippen molar-refractivity contribution >= 4 is 11.8 Å². The Morgan fingerprint density at radius 3 is 2.43 bits per heavy atom. The number of nitrogens with zero attached hydrogens (tertiary/aromatic N) is 1. The topological polar surface area (TPSA) is 29.3 Å². The summed E-state index contributed by atoms with van der Waals surface area (Å²) in [5.74, 6) is 5.53. The molecule has 2 heterocycles. The monoisotopic (exact) mass is 214 g/mol. The number of fused-ring (bicyclic) bond motifs is 2. The Bertz CT molecular complexity index is 172. The lowest BCUT2D eigenvalue weighted by Gasteiger charge is -2.47. The predicted molar refractivity (Wildman–Crippen MR) is 63.6 cm³/mol.